The Kier molecular flexibility index (Phi) is 4.79. The minimum atomic E-state index is -4.97. The fourth-order valence-electron chi connectivity index (χ4n) is 3.03. The Morgan fingerprint density at radius 1 is 1.23 bits per heavy atom. The Labute approximate surface area is 153 Å². The summed E-state index contributed by atoms with van der Waals surface area (Å²) < 4.78 is 40.6. The number of anilines is 1. The van der Waals surface area contributed by atoms with Gasteiger partial charge >= 0.3 is 12.1 Å². The van der Waals surface area contributed by atoms with E-state index in [1.165, 1.54) is 11.7 Å². The third kappa shape index (κ3) is 3.33. The van der Waals surface area contributed by atoms with Crippen molar-refractivity contribution < 1.29 is 18.0 Å². The highest BCUT2D eigenvalue weighted by molar-refractivity contribution is 6.30. The van der Waals surface area contributed by atoms with Gasteiger partial charge in [-0.25, -0.2) is 0 Å². The molecule has 0 aliphatic carbocycles. The molecule has 26 heavy (non-hydrogen) atoms. The van der Waals surface area contributed by atoms with Crippen LogP contribution in [-0.2, 0) is 11.8 Å². The van der Waals surface area contributed by atoms with E-state index in [0.29, 0.717) is 40.5 Å². The normalized spacial score (nSPS) is 15.2. The van der Waals surface area contributed by atoms with Crippen LogP contribution in [0.15, 0.2) is 29.3 Å². The smallest absolute Gasteiger partial charge is 0.289 e. The van der Waals surface area contributed by atoms with E-state index in [0.717, 1.165) is 4.90 Å². The van der Waals surface area contributed by atoms with Crippen LogP contribution in [0.5, 0.6) is 0 Å². The summed E-state index contributed by atoms with van der Waals surface area (Å²) in [5, 5.41) is 4.77. The third-order valence-corrected chi connectivity index (χ3v) is 4.35. The summed E-state index contributed by atoms with van der Waals surface area (Å²) in [6.45, 7) is 1.90. The van der Waals surface area contributed by atoms with Gasteiger partial charge in [0.1, 0.15) is 5.82 Å². The van der Waals surface area contributed by atoms with E-state index in [2.05, 4.69) is 10.1 Å². The molecule has 138 valence electrons. The molecule has 2 aromatic rings. The van der Waals surface area contributed by atoms with Crippen molar-refractivity contribution in [2.45, 2.75) is 19.5 Å². The minimum Gasteiger partial charge on any atom is -0.289 e. The first-order chi connectivity index (χ1) is 12.2. The van der Waals surface area contributed by atoms with Crippen molar-refractivity contribution >= 4 is 29.0 Å². The van der Waals surface area contributed by atoms with Gasteiger partial charge in [-0.3, -0.25) is 19.4 Å². The van der Waals surface area contributed by atoms with Crippen LogP contribution in [0.25, 0.3) is 0 Å². The van der Waals surface area contributed by atoms with E-state index in [1.54, 1.807) is 31.2 Å². The molecule has 9 heteroatoms. The molecule has 0 fully saturated rings. The van der Waals surface area contributed by atoms with Gasteiger partial charge in [-0.1, -0.05) is 23.7 Å². The third-order valence-electron chi connectivity index (χ3n) is 4.10. The summed E-state index contributed by atoms with van der Waals surface area (Å²) in [6, 6.07) is 6.86. The van der Waals surface area contributed by atoms with Crippen molar-refractivity contribution in [1.29, 1.82) is 0 Å². The van der Waals surface area contributed by atoms with E-state index in [-0.39, 0.29) is 12.4 Å². The molecule has 1 aliphatic heterocycles. The average Bonchev–Trinajstić information content (AvgIpc) is 2.82. The molecule has 1 aromatic heterocycles. The lowest BCUT2D eigenvalue weighted by molar-refractivity contribution is -0.170. The summed E-state index contributed by atoms with van der Waals surface area (Å²) in [7, 11) is 1.52. The molecule has 0 saturated carbocycles. The van der Waals surface area contributed by atoms with Gasteiger partial charge in [0.15, 0.2) is 0 Å². The number of fused-ring (bicyclic) bond motifs is 1. The number of alkyl halides is 3. The fraction of sp³-hybridized carbons (Fsp3) is 0.353. The standard InChI is InChI=1S/C17H16ClF3N4O/c1-10-13-14(11-4-6-12(18)7-5-11)22-8-3-9-25(15(13)24(2)23-10)16(26)17(19,20)21/h4-7H,3,8-9H2,1-2H3. The van der Waals surface area contributed by atoms with Gasteiger partial charge in [-0.15, -0.1) is 0 Å². The van der Waals surface area contributed by atoms with Crippen molar-refractivity contribution in [3.05, 3.63) is 46.1 Å². The number of aromatic nitrogens is 2. The molecule has 0 spiro atoms. The van der Waals surface area contributed by atoms with E-state index in [1.807, 2.05) is 0 Å². The zero-order valence-electron chi connectivity index (χ0n) is 14.1. The minimum absolute atomic E-state index is 0.0816. The van der Waals surface area contributed by atoms with Crippen molar-refractivity contribution in [3.63, 3.8) is 0 Å². The summed E-state index contributed by atoms with van der Waals surface area (Å²) in [5.41, 5.74) is 2.13. The predicted molar refractivity (Wildman–Crippen MR) is 92.9 cm³/mol. The molecule has 5 nitrogen and oxygen atoms in total. The number of hydrogen-bond donors (Lipinski definition) is 0. The molecule has 0 N–H and O–H groups in total. The van der Waals surface area contributed by atoms with Crippen LogP contribution < -0.4 is 4.90 Å². The molecule has 1 aromatic carbocycles. The number of benzene rings is 1. The lowest BCUT2D eigenvalue weighted by Gasteiger charge is -2.26. The average molecular weight is 385 g/mol. The highest BCUT2D eigenvalue weighted by Gasteiger charge is 2.45. The first-order valence-electron chi connectivity index (χ1n) is 7.93. The molecule has 0 bridgehead atoms. The molecular weight excluding hydrogens is 369 g/mol. The van der Waals surface area contributed by atoms with Crippen molar-refractivity contribution in [2.24, 2.45) is 12.0 Å². The molecule has 1 aliphatic rings. The lowest BCUT2D eigenvalue weighted by Crippen LogP contribution is -2.44. The van der Waals surface area contributed by atoms with Gasteiger partial charge in [-0.2, -0.15) is 18.3 Å². The largest absolute Gasteiger partial charge is 0.471 e. The van der Waals surface area contributed by atoms with Crippen molar-refractivity contribution in [2.75, 3.05) is 18.0 Å². The second-order valence-electron chi connectivity index (χ2n) is 5.95. The summed E-state index contributed by atoms with van der Waals surface area (Å²) in [6.07, 6.45) is -4.66. The number of halogens is 4. The zero-order chi connectivity index (χ0) is 19.1. The Morgan fingerprint density at radius 3 is 2.50 bits per heavy atom. The second kappa shape index (κ2) is 6.75. The lowest BCUT2D eigenvalue weighted by atomic mass is 10.0. The Balaban J connectivity index is 2.20. The molecule has 2 heterocycles. The molecule has 3 rings (SSSR count). The van der Waals surface area contributed by atoms with Crippen molar-refractivity contribution in [3.8, 4) is 0 Å². The van der Waals surface area contributed by atoms with Gasteiger partial charge in [-0.05, 0) is 25.5 Å². The number of hydrogen-bond acceptors (Lipinski definition) is 3. The van der Waals surface area contributed by atoms with Crippen LogP contribution in [0.4, 0.5) is 19.0 Å². The summed E-state index contributed by atoms with van der Waals surface area (Å²) >= 11 is 5.93. The molecule has 0 unspecified atom stereocenters. The van der Waals surface area contributed by atoms with Crippen LogP contribution in [0.3, 0.4) is 0 Å². The van der Waals surface area contributed by atoms with E-state index in [4.69, 9.17) is 11.6 Å². The highest BCUT2D eigenvalue weighted by atomic mass is 35.5. The molecule has 1 amide bonds. The monoisotopic (exact) mass is 384 g/mol. The number of carbonyl (C=O) groups is 1. The number of rotatable bonds is 1. The maximum Gasteiger partial charge on any atom is 0.471 e. The van der Waals surface area contributed by atoms with Gasteiger partial charge in [0, 0.05) is 30.7 Å². The zero-order valence-corrected chi connectivity index (χ0v) is 14.9. The maximum atomic E-state index is 13.1. The number of nitrogens with zero attached hydrogens (tertiary/aromatic N) is 4. The van der Waals surface area contributed by atoms with E-state index < -0.39 is 12.1 Å². The number of aryl methyl sites for hydroxylation is 2. The summed E-state index contributed by atoms with van der Waals surface area (Å²) in [5.74, 6) is -1.81. The number of amides is 1. The molecular formula is C17H16ClF3N4O. The van der Waals surface area contributed by atoms with Gasteiger partial charge < -0.3 is 0 Å². The van der Waals surface area contributed by atoms with E-state index >= 15 is 0 Å². The first kappa shape index (κ1) is 18.4. The topological polar surface area (TPSA) is 50.5 Å². The van der Waals surface area contributed by atoms with Gasteiger partial charge in [0.2, 0.25) is 0 Å². The van der Waals surface area contributed by atoms with Gasteiger partial charge in [0.25, 0.3) is 0 Å². The van der Waals surface area contributed by atoms with Gasteiger partial charge in [0.05, 0.1) is 17.0 Å². The predicted octanol–water partition coefficient (Wildman–Crippen LogP) is 3.52. The Morgan fingerprint density at radius 2 is 1.88 bits per heavy atom. The Bertz CT molecular complexity index is 871. The number of carbonyl (C=O) groups excluding carboxylic acids is 1. The van der Waals surface area contributed by atoms with Crippen molar-refractivity contribution in [1.82, 2.24) is 9.78 Å². The van der Waals surface area contributed by atoms with Crippen LogP contribution >= 0.6 is 11.6 Å². The Hall–Kier alpha value is -2.35. The highest BCUT2D eigenvalue weighted by Crippen LogP contribution is 2.31. The fourth-order valence-corrected chi connectivity index (χ4v) is 3.16. The quantitative estimate of drug-likeness (QED) is 0.755. The van der Waals surface area contributed by atoms with E-state index in [9.17, 15) is 18.0 Å². The summed E-state index contributed by atoms with van der Waals surface area (Å²) in [4.78, 5) is 17.3. The van der Waals surface area contributed by atoms with Crippen LogP contribution in [0.2, 0.25) is 5.02 Å². The number of aliphatic imine (C=N–C) groups is 1. The molecule has 0 saturated heterocycles. The van der Waals surface area contributed by atoms with Crippen LogP contribution in [-0.4, -0.2) is 40.7 Å². The molecule has 0 atom stereocenters. The van der Waals surface area contributed by atoms with Crippen LogP contribution in [0, 0.1) is 6.92 Å². The maximum absolute atomic E-state index is 13.1. The molecule has 0 radical (unpaired) electrons. The first-order valence-corrected chi connectivity index (χ1v) is 8.31. The second-order valence-corrected chi connectivity index (χ2v) is 6.39. The SMILES string of the molecule is Cc1nn(C)c2c1C(c1ccc(Cl)cc1)=NCCCN2C(=O)C(F)(F)F. The van der Waals surface area contributed by atoms with Crippen LogP contribution in [0.1, 0.15) is 23.2 Å².